The molecule has 0 unspecified atom stereocenters. The van der Waals surface area contributed by atoms with Crippen molar-refractivity contribution in [2.45, 2.75) is 18.9 Å². The van der Waals surface area contributed by atoms with Crippen molar-refractivity contribution >= 4 is 14.8 Å². The zero-order valence-corrected chi connectivity index (χ0v) is 24.1. The molecule has 1 heterocycles. The summed E-state index contributed by atoms with van der Waals surface area (Å²) in [5.41, 5.74) is 0.846. The molecule has 1 aromatic rings. The standard InChI is InChI=1S/C25H45NO11Si/c1-28-10-13-31-16-19-35-38(36-20-17-32-14-11-29-2,37-21-18-33-15-12-30-3)22-4-9-34-25(27)23-24-5-7-26-8-6-24/h5-8H,4,9-23H2,1-3H3. The molecule has 0 aromatic carbocycles. The van der Waals surface area contributed by atoms with Gasteiger partial charge in [0.25, 0.3) is 0 Å². The summed E-state index contributed by atoms with van der Waals surface area (Å²) >= 11 is 0. The zero-order chi connectivity index (χ0) is 27.6. The van der Waals surface area contributed by atoms with Crippen LogP contribution in [0.3, 0.4) is 0 Å². The van der Waals surface area contributed by atoms with Crippen LogP contribution < -0.4 is 0 Å². The van der Waals surface area contributed by atoms with Gasteiger partial charge in [0.1, 0.15) is 0 Å². The van der Waals surface area contributed by atoms with E-state index in [1.54, 1.807) is 45.9 Å². The van der Waals surface area contributed by atoms with E-state index >= 15 is 0 Å². The van der Waals surface area contributed by atoms with E-state index in [2.05, 4.69) is 4.98 Å². The predicted octanol–water partition coefficient (Wildman–Crippen LogP) is 1.54. The first-order valence-electron chi connectivity index (χ1n) is 12.8. The largest absolute Gasteiger partial charge is 0.501 e. The molecule has 0 aliphatic heterocycles. The number of rotatable bonds is 27. The third kappa shape index (κ3) is 18.7. The van der Waals surface area contributed by atoms with Gasteiger partial charge < -0.3 is 46.4 Å². The molecule has 1 aromatic heterocycles. The molecule has 0 saturated carbocycles. The third-order valence-corrected chi connectivity index (χ3v) is 7.83. The zero-order valence-electron chi connectivity index (χ0n) is 23.1. The number of pyridine rings is 1. The molecule has 0 bridgehead atoms. The van der Waals surface area contributed by atoms with Crippen molar-refractivity contribution in [1.29, 1.82) is 0 Å². The minimum absolute atomic E-state index is 0.186. The Morgan fingerprint density at radius 2 is 1.11 bits per heavy atom. The van der Waals surface area contributed by atoms with E-state index in [1.807, 2.05) is 0 Å². The summed E-state index contributed by atoms with van der Waals surface area (Å²) in [5.74, 6) is -0.309. The van der Waals surface area contributed by atoms with E-state index in [0.717, 1.165) is 5.56 Å². The highest BCUT2D eigenvalue weighted by molar-refractivity contribution is 6.60. The molecule has 13 heteroatoms. The fraction of sp³-hybridized carbons (Fsp3) is 0.760. The Kier molecular flexibility index (Phi) is 22.3. The first kappa shape index (κ1) is 34.5. The lowest BCUT2D eigenvalue weighted by molar-refractivity contribution is -0.142. The molecule has 0 amide bonds. The van der Waals surface area contributed by atoms with Gasteiger partial charge >= 0.3 is 14.8 Å². The topological polar surface area (TPSA) is 122 Å². The first-order chi connectivity index (χ1) is 18.7. The van der Waals surface area contributed by atoms with Gasteiger partial charge in [0.15, 0.2) is 0 Å². The lowest BCUT2D eigenvalue weighted by Crippen LogP contribution is -2.48. The van der Waals surface area contributed by atoms with Crippen molar-refractivity contribution < 1.29 is 51.2 Å². The minimum atomic E-state index is -3.18. The van der Waals surface area contributed by atoms with Gasteiger partial charge in [0, 0.05) is 39.8 Å². The van der Waals surface area contributed by atoms with Crippen molar-refractivity contribution in [1.82, 2.24) is 4.98 Å². The van der Waals surface area contributed by atoms with E-state index in [1.165, 1.54) is 0 Å². The van der Waals surface area contributed by atoms with Gasteiger partial charge in [-0.1, -0.05) is 0 Å². The number of hydrogen-bond acceptors (Lipinski definition) is 12. The second kappa shape index (κ2) is 24.5. The summed E-state index contributed by atoms with van der Waals surface area (Å²) in [6.07, 6.45) is 3.98. The molecule has 0 atom stereocenters. The number of nitrogens with zero attached hydrogens (tertiary/aromatic N) is 1. The molecule has 0 aliphatic carbocycles. The number of carbonyl (C=O) groups excluding carboxylic acids is 1. The van der Waals surface area contributed by atoms with Crippen LogP contribution in [0.5, 0.6) is 0 Å². The summed E-state index contributed by atoms with van der Waals surface area (Å²) < 4.78 is 55.6. The monoisotopic (exact) mass is 563 g/mol. The van der Waals surface area contributed by atoms with Crippen molar-refractivity contribution in [3.05, 3.63) is 30.1 Å². The normalized spacial score (nSPS) is 11.7. The van der Waals surface area contributed by atoms with Gasteiger partial charge in [-0.3, -0.25) is 9.78 Å². The Morgan fingerprint density at radius 3 is 1.55 bits per heavy atom. The number of aromatic nitrogens is 1. The van der Waals surface area contributed by atoms with E-state index in [9.17, 15) is 4.79 Å². The molecule has 38 heavy (non-hydrogen) atoms. The number of methoxy groups -OCH3 is 3. The van der Waals surface area contributed by atoms with Crippen LogP contribution in [0.2, 0.25) is 6.04 Å². The maximum absolute atomic E-state index is 12.2. The van der Waals surface area contributed by atoms with Crippen LogP contribution in [-0.4, -0.2) is 127 Å². The predicted molar refractivity (Wildman–Crippen MR) is 140 cm³/mol. The van der Waals surface area contributed by atoms with Gasteiger partial charge in [0.2, 0.25) is 0 Å². The van der Waals surface area contributed by atoms with Crippen molar-refractivity contribution in [2.75, 3.05) is 107 Å². The second-order valence-electron chi connectivity index (χ2n) is 7.90. The van der Waals surface area contributed by atoms with Gasteiger partial charge in [-0.2, -0.15) is 0 Å². The maximum Gasteiger partial charge on any atom is 0.501 e. The number of esters is 1. The van der Waals surface area contributed by atoms with E-state index in [-0.39, 0.29) is 38.8 Å². The molecule has 0 N–H and O–H groups in total. The van der Waals surface area contributed by atoms with Crippen molar-refractivity contribution in [2.24, 2.45) is 0 Å². The Hall–Kier alpha value is -1.52. The van der Waals surface area contributed by atoms with Crippen LogP contribution >= 0.6 is 0 Å². The summed E-state index contributed by atoms with van der Waals surface area (Å²) in [5, 5.41) is 0. The Bertz CT molecular complexity index is 631. The SMILES string of the molecule is COCCOCCO[Si](CCCOC(=O)Cc1ccncc1)(OCCOCCOC)OCCOCCOC. The van der Waals surface area contributed by atoms with Gasteiger partial charge in [0.05, 0.1) is 92.3 Å². The molecular weight excluding hydrogens is 518 g/mol. The molecular formula is C25H45NO11Si. The van der Waals surface area contributed by atoms with E-state index in [0.29, 0.717) is 71.9 Å². The molecule has 0 saturated heterocycles. The minimum Gasteiger partial charge on any atom is -0.465 e. The average molecular weight is 564 g/mol. The van der Waals surface area contributed by atoms with Gasteiger partial charge in [-0.15, -0.1) is 0 Å². The third-order valence-electron chi connectivity index (χ3n) is 4.93. The van der Waals surface area contributed by atoms with Gasteiger partial charge in [-0.25, -0.2) is 0 Å². The second-order valence-corrected chi connectivity index (χ2v) is 10.6. The smallest absolute Gasteiger partial charge is 0.465 e. The molecule has 0 fully saturated rings. The van der Waals surface area contributed by atoms with E-state index < -0.39 is 8.80 Å². The summed E-state index contributed by atoms with van der Waals surface area (Å²) in [7, 11) is 1.67. The highest BCUT2D eigenvalue weighted by atomic mass is 28.4. The fourth-order valence-corrected chi connectivity index (χ4v) is 5.48. The van der Waals surface area contributed by atoms with Crippen molar-refractivity contribution in [3.63, 3.8) is 0 Å². The summed E-state index contributed by atoms with van der Waals surface area (Å²) in [6, 6.07) is 4.02. The van der Waals surface area contributed by atoms with Crippen LogP contribution in [0.1, 0.15) is 12.0 Å². The fourth-order valence-electron chi connectivity index (χ4n) is 3.04. The number of ether oxygens (including phenoxy) is 7. The van der Waals surface area contributed by atoms with Crippen LogP contribution in [0.4, 0.5) is 0 Å². The van der Waals surface area contributed by atoms with Gasteiger partial charge in [-0.05, 0) is 24.1 Å². The Labute approximate surface area is 227 Å². The number of hydrogen-bond donors (Lipinski definition) is 0. The van der Waals surface area contributed by atoms with E-state index in [4.69, 9.17) is 46.4 Å². The van der Waals surface area contributed by atoms with Crippen LogP contribution in [0.25, 0.3) is 0 Å². The van der Waals surface area contributed by atoms with Crippen LogP contribution in [-0.2, 0) is 57.7 Å². The molecule has 220 valence electrons. The first-order valence-corrected chi connectivity index (χ1v) is 14.8. The van der Waals surface area contributed by atoms with Crippen LogP contribution in [0.15, 0.2) is 24.5 Å². The Balaban J connectivity index is 2.65. The lowest BCUT2D eigenvalue weighted by atomic mass is 10.2. The summed E-state index contributed by atoms with van der Waals surface area (Å²) in [4.78, 5) is 16.2. The maximum atomic E-state index is 12.2. The highest BCUT2D eigenvalue weighted by Crippen LogP contribution is 2.19. The van der Waals surface area contributed by atoms with Crippen LogP contribution in [0, 0.1) is 0 Å². The highest BCUT2D eigenvalue weighted by Gasteiger charge is 2.41. The molecule has 0 aliphatic rings. The quantitative estimate of drug-likeness (QED) is 0.0876. The summed E-state index contributed by atoms with van der Waals surface area (Å²) in [6.45, 7) is 5.04. The Morgan fingerprint density at radius 1 is 0.658 bits per heavy atom. The molecule has 0 radical (unpaired) electrons. The molecule has 12 nitrogen and oxygen atoms in total. The van der Waals surface area contributed by atoms with Crippen molar-refractivity contribution in [3.8, 4) is 0 Å². The average Bonchev–Trinajstić information content (AvgIpc) is 2.93. The molecule has 1 rings (SSSR count). The molecule has 0 spiro atoms. The number of carbonyl (C=O) groups is 1. The lowest BCUT2D eigenvalue weighted by Gasteiger charge is -2.30.